The number of aromatic nitrogens is 1. The summed E-state index contributed by atoms with van der Waals surface area (Å²) >= 11 is 0. The minimum Gasteiger partial charge on any atom is -0.454 e. The molecule has 0 saturated carbocycles. The summed E-state index contributed by atoms with van der Waals surface area (Å²) in [5, 5.41) is 3.45. The first-order valence-corrected chi connectivity index (χ1v) is 10.9. The molecule has 32 heavy (non-hydrogen) atoms. The van der Waals surface area contributed by atoms with E-state index in [0.717, 1.165) is 68.1 Å². The molecule has 9 heteroatoms. The zero-order valence-corrected chi connectivity index (χ0v) is 21.4. The smallest absolute Gasteiger partial charge is 0.231 e. The highest BCUT2D eigenvalue weighted by atomic mass is 127. The minimum atomic E-state index is 0. The molecule has 1 saturated heterocycles. The van der Waals surface area contributed by atoms with Crippen molar-refractivity contribution in [3.8, 4) is 11.5 Å². The van der Waals surface area contributed by atoms with Crippen LogP contribution in [0.25, 0.3) is 0 Å². The molecule has 0 aliphatic carbocycles. The van der Waals surface area contributed by atoms with Crippen LogP contribution < -0.4 is 19.7 Å². The van der Waals surface area contributed by atoms with Gasteiger partial charge in [0.1, 0.15) is 5.82 Å². The van der Waals surface area contributed by atoms with E-state index in [4.69, 9.17) is 14.5 Å². The van der Waals surface area contributed by atoms with Gasteiger partial charge in [0.05, 0.1) is 6.54 Å². The molecule has 0 spiro atoms. The first kappa shape index (κ1) is 24.4. The van der Waals surface area contributed by atoms with Gasteiger partial charge in [-0.2, -0.15) is 0 Å². The second-order valence-electron chi connectivity index (χ2n) is 8.04. The van der Waals surface area contributed by atoms with Crippen molar-refractivity contribution in [2.45, 2.75) is 20.0 Å². The Balaban J connectivity index is 0.00000289. The van der Waals surface area contributed by atoms with E-state index in [1.807, 2.05) is 37.3 Å². The van der Waals surface area contributed by atoms with Crippen molar-refractivity contribution >= 4 is 35.8 Å². The number of aliphatic imine (C=N–C) groups is 1. The molecule has 2 aliphatic rings. The number of guanidine groups is 1. The van der Waals surface area contributed by atoms with E-state index in [9.17, 15) is 0 Å². The molecule has 8 nitrogen and oxygen atoms in total. The van der Waals surface area contributed by atoms with Crippen LogP contribution in [0, 0.1) is 0 Å². The summed E-state index contributed by atoms with van der Waals surface area (Å²) in [7, 11) is 4.00. The number of pyridine rings is 1. The standard InChI is InChI=1S/C23H32N6O2.HI/c1-4-24-23(26-15-18-7-8-25-22(14-18)27(2)3)29-11-9-28(10-12-29)16-19-5-6-20-21(13-19)31-17-30-20;/h5-8,13-14H,4,9-12,15-17H2,1-3H3,(H,24,26);1H. The lowest BCUT2D eigenvalue weighted by atomic mass is 10.1. The Morgan fingerprint density at radius 3 is 2.59 bits per heavy atom. The van der Waals surface area contributed by atoms with Crippen LogP contribution in [0.15, 0.2) is 41.5 Å². The molecule has 4 rings (SSSR count). The molecule has 1 N–H and O–H groups in total. The number of nitrogens with one attached hydrogen (secondary N) is 1. The molecule has 0 radical (unpaired) electrons. The lowest BCUT2D eigenvalue weighted by Gasteiger charge is -2.36. The minimum absolute atomic E-state index is 0. The van der Waals surface area contributed by atoms with Gasteiger partial charge in [0.25, 0.3) is 0 Å². The molecule has 0 unspecified atom stereocenters. The number of hydrogen-bond acceptors (Lipinski definition) is 6. The second kappa shape index (κ2) is 11.6. The quantitative estimate of drug-likeness (QED) is 0.336. The largest absolute Gasteiger partial charge is 0.454 e. The van der Waals surface area contributed by atoms with Gasteiger partial charge in [-0.15, -0.1) is 24.0 Å². The van der Waals surface area contributed by atoms with Gasteiger partial charge in [-0.05, 0) is 42.3 Å². The Labute approximate surface area is 207 Å². The van der Waals surface area contributed by atoms with Gasteiger partial charge >= 0.3 is 0 Å². The van der Waals surface area contributed by atoms with Crippen LogP contribution in [0.3, 0.4) is 0 Å². The Bertz CT molecular complexity index is 915. The van der Waals surface area contributed by atoms with Gasteiger partial charge < -0.3 is 24.6 Å². The molecule has 1 aromatic carbocycles. The van der Waals surface area contributed by atoms with E-state index in [1.54, 1.807) is 0 Å². The van der Waals surface area contributed by atoms with E-state index in [0.29, 0.717) is 13.3 Å². The number of ether oxygens (including phenoxy) is 2. The number of benzene rings is 1. The predicted molar refractivity (Wildman–Crippen MR) is 138 cm³/mol. The van der Waals surface area contributed by atoms with E-state index in [-0.39, 0.29) is 24.0 Å². The number of halogens is 1. The number of hydrogen-bond donors (Lipinski definition) is 1. The SMILES string of the molecule is CCNC(=NCc1ccnc(N(C)C)c1)N1CCN(Cc2ccc3c(c2)OCO3)CC1.I. The Hall–Kier alpha value is -2.27. The molecule has 1 fully saturated rings. The lowest BCUT2D eigenvalue weighted by Crippen LogP contribution is -2.52. The van der Waals surface area contributed by atoms with Crippen LogP contribution in [0.4, 0.5) is 5.82 Å². The van der Waals surface area contributed by atoms with E-state index < -0.39 is 0 Å². The maximum Gasteiger partial charge on any atom is 0.231 e. The molecule has 0 bridgehead atoms. The summed E-state index contributed by atoms with van der Waals surface area (Å²) in [6, 6.07) is 10.4. The Morgan fingerprint density at radius 1 is 1.06 bits per heavy atom. The Morgan fingerprint density at radius 2 is 1.84 bits per heavy atom. The zero-order valence-electron chi connectivity index (χ0n) is 19.1. The van der Waals surface area contributed by atoms with Gasteiger partial charge in [0.2, 0.25) is 6.79 Å². The van der Waals surface area contributed by atoms with Crippen molar-refractivity contribution < 1.29 is 9.47 Å². The predicted octanol–water partition coefficient (Wildman–Crippen LogP) is 2.78. The van der Waals surface area contributed by atoms with E-state index in [1.165, 1.54) is 5.56 Å². The van der Waals surface area contributed by atoms with Crippen molar-refractivity contribution in [3.63, 3.8) is 0 Å². The summed E-state index contributed by atoms with van der Waals surface area (Å²) in [6.07, 6.45) is 1.85. The normalized spacial score (nSPS) is 16.0. The highest BCUT2D eigenvalue weighted by Gasteiger charge is 2.21. The third-order valence-corrected chi connectivity index (χ3v) is 5.53. The Kier molecular flexibility index (Phi) is 8.80. The monoisotopic (exact) mass is 552 g/mol. The van der Waals surface area contributed by atoms with Gasteiger partial charge in [0.15, 0.2) is 17.5 Å². The van der Waals surface area contributed by atoms with Gasteiger partial charge in [0, 0.05) is 59.6 Å². The van der Waals surface area contributed by atoms with Crippen LogP contribution in [-0.2, 0) is 13.1 Å². The fraction of sp³-hybridized carbons (Fsp3) is 0.478. The molecule has 174 valence electrons. The summed E-state index contributed by atoms with van der Waals surface area (Å²) in [4.78, 5) is 16.1. The third-order valence-electron chi connectivity index (χ3n) is 5.53. The molecule has 1 aromatic heterocycles. The maximum atomic E-state index is 5.51. The molecule has 0 atom stereocenters. The number of rotatable bonds is 6. The van der Waals surface area contributed by atoms with Gasteiger partial charge in [-0.25, -0.2) is 9.98 Å². The first-order valence-electron chi connectivity index (χ1n) is 10.9. The van der Waals surface area contributed by atoms with Crippen LogP contribution in [0.2, 0.25) is 0 Å². The zero-order chi connectivity index (χ0) is 21.6. The van der Waals surface area contributed by atoms with Crippen LogP contribution >= 0.6 is 24.0 Å². The first-order chi connectivity index (χ1) is 15.1. The fourth-order valence-corrected chi connectivity index (χ4v) is 3.81. The number of piperazine rings is 1. The van der Waals surface area contributed by atoms with Crippen molar-refractivity contribution in [1.29, 1.82) is 0 Å². The topological polar surface area (TPSA) is 65.5 Å². The summed E-state index contributed by atoms with van der Waals surface area (Å²) in [6.45, 7) is 8.76. The summed E-state index contributed by atoms with van der Waals surface area (Å²) in [5.74, 6) is 3.63. The summed E-state index contributed by atoms with van der Waals surface area (Å²) < 4.78 is 10.9. The molecule has 0 amide bonds. The maximum absolute atomic E-state index is 5.51. The highest BCUT2D eigenvalue weighted by Crippen LogP contribution is 2.32. The van der Waals surface area contributed by atoms with Crippen LogP contribution in [0.5, 0.6) is 11.5 Å². The van der Waals surface area contributed by atoms with E-state index >= 15 is 0 Å². The fourth-order valence-electron chi connectivity index (χ4n) is 3.81. The molecule has 3 heterocycles. The van der Waals surface area contributed by atoms with Gasteiger partial charge in [-0.3, -0.25) is 4.90 Å². The lowest BCUT2D eigenvalue weighted by molar-refractivity contribution is 0.171. The van der Waals surface area contributed by atoms with Crippen molar-refractivity contribution in [2.24, 2.45) is 4.99 Å². The number of anilines is 1. The van der Waals surface area contributed by atoms with Crippen LogP contribution in [0.1, 0.15) is 18.1 Å². The molecular formula is C23H33IN6O2. The average Bonchev–Trinajstić information content (AvgIpc) is 3.25. The molecule has 2 aliphatic heterocycles. The number of fused-ring (bicyclic) bond motifs is 1. The van der Waals surface area contributed by atoms with Crippen LogP contribution in [-0.4, -0.2) is 74.4 Å². The number of nitrogens with zero attached hydrogens (tertiary/aromatic N) is 5. The average molecular weight is 552 g/mol. The second-order valence-corrected chi connectivity index (χ2v) is 8.04. The van der Waals surface area contributed by atoms with Crippen molar-refractivity contribution in [3.05, 3.63) is 47.7 Å². The molecular weight excluding hydrogens is 519 g/mol. The van der Waals surface area contributed by atoms with Gasteiger partial charge in [-0.1, -0.05) is 6.07 Å². The van der Waals surface area contributed by atoms with Crippen molar-refractivity contribution in [1.82, 2.24) is 20.1 Å². The molecule has 2 aromatic rings. The third kappa shape index (κ3) is 6.16. The van der Waals surface area contributed by atoms with Crippen molar-refractivity contribution in [2.75, 3.05) is 58.5 Å². The highest BCUT2D eigenvalue weighted by molar-refractivity contribution is 14.0. The van der Waals surface area contributed by atoms with E-state index in [2.05, 4.69) is 45.2 Å². The summed E-state index contributed by atoms with van der Waals surface area (Å²) in [5.41, 5.74) is 2.42.